The Morgan fingerprint density at radius 1 is 1.27 bits per heavy atom. The van der Waals surface area contributed by atoms with Crippen molar-refractivity contribution in [2.45, 2.75) is 57.5 Å². The van der Waals surface area contributed by atoms with Gasteiger partial charge in [-0.25, -0.2) is 0 Å². The number of aliphatic imine (C=N–C) groups is 1. The molecule has 2 fully saturated rings. The van der Waals surface area contributed by atoms with E-state index in [1.54, 1.807) is 0 Å². The number of guanidine groups is 1. The van der Waals surface area contributed by atoms with Crippen LogP contribution in [0.2, 0.25) is 0 Å². The molecule has 1 saturated heterocycles. The smallest absolute Gasteiger partial charge is 0.191 e. The quantitative estimate of drug-likeness (QED) is 0.520. The zero-order valence-electron chi connectivity index (χ0n) is 16.2. The molecule has 0 bridgehead atoms. The third-order valence-corrected chi connectivity index (χ3v) is 6.20. The zero-order chi connectivity index (χ0) is 18.4. The fourth-order valence-electron chi connectivity index (χ4n) is 3.84. The van der Waals surface area contributed by atoms with Crippen LogP contribution in [0.5, 0.6) is 0 Å². The minimum Gasteiger partial charge on any atom is -0.356 e. The first kappa shape index (κ1) is 19.7. The first-order valence-corrected chi connectivity index (χ1v) is 10.9. The largest absolute Gasteiger partial charge is 0.356 e. The van der Waals surface area contributed by atoms with Crippen molar-refractivity contribution in [2.75, 3.05) is 26.7 Å². The van der Waals surface area contributed by atoms with Crippen LogP contribution in [-0.4, -0.2) is 49.6 Å². The van der Waals surface area contributed by atoms with E-state index in [0.717, 1.165) is 35.9 Å². The van der Waals surface area contributed by atoms with E-state index in [9.17, 15) is 0 Å². The highest BCUT2D eigenvalue weighted by Crippen LogP contribution is 2.29. The average molecular weight is 421 g/mol. The fraction of sp³-hybridized carbons (Fsp3) is 0.667. The molecule has 1 aliphatic heterocycles. The maximum Gasteiger partial charge on any atom is 0.191 e. The molecular formula is C21H33BrN4. The summed E-state index contributed by atoms with van der Waals surface area (Å²) < 4.78 is 1.16. The van der Waals surface area contributed by atoms with E-state index in [1.807, 2.05) is 7.05 Å². The van der Waals surface area contributed by atoms with Gasteiger partial charge in [0.1, 0.15) is 0 Å². The lowest BCUT2D eigenvalue weighted by atomic mass is 9.97. The number of benzene rings is 1. The summed E-state index contributed by atoms with van der Waals surface area (Å²) >= 11 is 3.57. The Hall–Kier alpha value is -1.07. The highest BCUT2D eigenvalue weighted by molar-refractivity contribution is 9.10. The van der Waals surface area contributed by atoms with Gasteiger partial charge in [-0.2, -0.15) is 0 Å². The molecule has 0 radical (unpaired) electrons. The lowest BCUT2D eigenvalue weighted by Gasteiger charge is -2.33. The molecule has 1 aliphatic carbocycles. The molecule has 144 valence electrons. The van der Waals surface area contributed by atoms with E-state index in [0.29, 0.717) is 12.0 Å². The molecule has 1 aromatic rings. The molecule has 1 heterocycles. The van der Waals surface area contributed by atoms with Gasteiger partial charge in [-0.1, -0.05) is 41.4 Å². The molecule has 4 nitrogen and oxygen atoms in total. The third-order valence-electron chi connectivity index (χ3n) is 5.71. The fourth-order valence-corrected chi connectivity index (χ4v) is 4.28. The van der Waals surface area contributed by atoms with E-state index in [-0.39, 0.29) is 0 Å². The van der Waals surface area contributed by atoms with Crippen molar-refractivity contribution >= 4 is 21.9 Å². The zero-order valence-corrected chi connectivity index (χ0v) is 17.8. The van der Waals surface area contributed by atoms with Crippen molar-refractivity contribution in [2.24, 2.45) is 10.9 Å². The molecule has 26 heavy (non-hydrogen) atoms. The van der Waals surface area contributed by atoms with Gasteiger partial charge in [0.15, 0.2) is 5.96 Å². The Bertz CT molecular complexity index is 591. The van der Waals surface area contributed by atoms with Crippen molar-refractivity contribution < 1.29 is 0 Å². The van der Waals surface area contributed by atoms with Gasteiger partial charge >= 0.3 is 0 Å². The molecule has 0 spiro atoms. The monoisotopic (exact) mass is 420 g/mol. The Morgan fingerprint density at radius 2 is 2.04 bits per heavy atom. The number of halogens is 1. The number of nitrogens with one attached hydrogen (secondary N) is 2. The summed E-state index contributed by atoms with van der Waals surface area (Å²) in [6, 6.07) is 10.1. The highest BCUT2D eigenvalue weighted by Gasteiger charge is 2.31. The second-order valence-corrected chi connectivity index (χ2v) is 8.66. The van der Waals surface area contributed by atoms with Crippen molar-refractivity contribution in [1.29, 1.82) is 0 Å². The number of likely N-dealkylation sites (tertiary alicyclic amines) is 1. The summed E-state index contributed by atoms with van der Waals surface area (Å²) in [5, 5.41) is 7.21. The Morgan fingerprint density at radius 3 is 2.65 bits per heavy atom. The van der Waals surface area contributed by atoms with Crippen LogP contribution in [0.25, 0.3) is 0 Å². The number of piperidine rings is 1. The summed E-state index contributed by atoms with van der Waals surface area (Å²) in [7, 11) is 1.88. The molecule has 0 aromatic heterocycles. The van der Waals surface area contributed by atoms with E-state index in [1.165, 1.54) is 44.3 Å². The topological polar surface area (TPSA) is 39.7 Å². The molecular weight excluding hydrogens is 388 g/mol. The van der Waals surface area contributed by atoms with Gasteiger partial charge in [0.05, 0.1) is 0 Å². The molecule has 2 N–H and O–H groups in total. The lowest BCUT2D eigenvalue weighted by molar-refractivity contribution is 0.197. The molecule has 5 heteroatoms. The van der Waals surface area contributed by atoms with Crippen LogP contribution in [-0.2, 0) is 6.42 Å². The van der Waals surface area contributed by atoms with Crippen LogP contribution in [0.4, 0.5) is 0 Å². The predicted octanol–water partition coefficient (Wildman–Crippen LogP) is 3.81. The molecule has 1 unspecified atom stereocenters. The van der Waals surface area contributed by atoms with Gasteiger partial charge < -0.3 is 15.5 Å². The van der Waals surface area contributed by atoms with Gasteiger partial charge in [0, 0.05) is 43.2 Å². The number of hydrogen-bond acceptors (Lipinski definition) is 2. The number of rotatable bonds is 7. The summed E-state index contributed by atoms with van der Waals surface area (Å²) in [6.45, 7) is 5.71. The highest BCUT2D eigenvalue weighted by atomic mass is 79.9. The average Bonchev–Trinajstić information content (AvgIpc) is 3.49. The van der Waals surface area contributed by atoms with Crippen LogP contribution in [0.15, 0.2) is 33.7 Å². The van der Waals surface area contributed by atoms with Gasteiger partial charge in [-0.05, 0) is 55.7 Å². The summed E-state index contributed by atoms with van der Waals surface area (Å²) in [6.07, 6.45) is 7.55. The second-order valence-electron chi connectivity index (χ2n) is 7.75. The van der Waals surface area contributed by atoms with Crippen LogP contribution >= 0.6 is 15.9 Å². The summed E-state index contributed by atoms with van der Waals surface area (Å²) in [5.41, 5.74) is 1.39. The van der Waals surface area contributed by atoms with E-state index >= 15 is 0 Å². The van der Waals surface area contributed by atoms with E-state index in [2.05, 4.69) is 67.6 Å². The Labute approximate surface area is 167 Å². The minimum atomic E-state index is 0.557. The summed E-state index contributed by atoms with van der Waals surface area (Å²) in [4.78, 5) is 7.12. The molecule has 1 atom stereocenters. The molecule has 3 rings (SSSR count). The minimum absolute atomic E-state index is 0.557. The molecule has 2 aliphatic rings. The Kier molecular flexibility index (Phi) is 7.38. The van der Waals surface area contributed by atoms with Crippen molar-refractivity contribution in [3.63, 3.8) is 0 Å². The van der Waals surface area contributed by atoms with Crippen molar-refractivity contribution in [3.05, 3.63) is 34.3 Å². The molecule has 1 aromatic carbocycles. The first-order valence-electron chi connectivity index (χ1n) is 10.1. The van der Waals surface area contributed by atoms with Crippen LogP contribution in [0.1, 0.15) is 44.6 Å². The normalized spacial score (nSPS) is 20.8. The van der Waals surface area contributed by atoms with Crippen LogP contribution in [0, 0.1) is 5.92 Å². The summed E-state index contributed by atoms with van der Waals surface area (Å²) in [5.74, 6) is 1.57. The lowest BCUT2D eigenvalue weighted by Crippen LogP contribution is -2.49. The van der Waals surface area contributed by atoms with Gasteiger partial charge in [-0.3, -0.25) is 4.99 Å². The second kappa shape index (κ2) is 9.75. The van der Waals surface area contributed by atoms with Gasteiger partial charge in [0.2, 0.25) is 0 Å². The van der Waals surface area contributed by atoms with Crippen LogP contribution in [0.3, 0.4) is 0 Å². The third kappa shape index (κ3) is 5.98. The molecule has 1 saturated carbocycles. The SMILES string of the molecule is CCC(CNC(=NC)NC1CCN(C2CC2)CC1)Cc1cccc(Br)c1. The number of nitrogens with zero attached hydrogens (tertiary/aromatic N) is 2. The maximum atomic E-state index is 4.45. The number of hydrogen-bond donors (Lipinski definition) is 2. The Balaban J connectivity index is 1.42. The van der Waals surface area contributed by atoms with E-state index in [4.69, 9.17) is 0 Å². The predicted molar refractivity (Wildman–Crippen MR) is 114 cm³/mol. The van der Waals surface area contributed by atoms with Gasteiger partial charge in [-0.15, -0.1) is 0 Å². The van der Waals surface area contributed by atoms with Crippen molar-refractivity contribution in [1.82, 2.24) is 15.5 Å². The maximum absolute atomic E-state index is 4.45. The van der Waals surface area contributed by atoms with Gasteiger partial charge in [0.25, 0.3) is 0 Å². The molecule has 0 amide bonds. The van der Waals surface area contributed by atoms with E-state index < -0.39 is 0 Å². The van der Waals surface area contributed by atoms with Crippen LogP contribution < -0.4 is 10.6 Å². The van der Waals surface area contributed by atoms with Crippen molar-refractivity contribution in [3.8, 4) is 0 Å². The standard InChI is InChI=1S/C21H33BrN4/c1-3-16(13-17-5-4-6-18(22)14-17)15-24-21(23-2)25-19-9-11-26(12-10-19)20-7-8-20/h4-6,14,16,19-20H,3,7-13,15H2,1-2H3,(H2,23,24,25). The first-order chi connectivity index (χ1) is 12.7.